The molecule has 268 valence electrons. The summed E-state index contributed by atoms with van der Waals surface area (Å²) in [6, 6.07) is 23.4. The predicted octanol–water partition coefficient (Wildman–Crippen LogP) is 7.11. The van der Waals surface area contributed by atoms with Crippen LogP contribution in [0.1, 0.15) is 22.4 Å². The van der Waals surface area contributed by atoms with Gasteiger partial charge in [0, 0.05) is 71.7 Å². The number of nitrogens with zero attached hydrogens (tertiary/aromatic N) is 4. The van der Waals surface area contributed by atoms with Crippen LogP contribution >= 0.6 is 22.9 Å². The monoisotopic (exact) mass is 741 g/mol. The number of rotatable bonds is 12. The fourth-order valence-corrected chi connectivity index (χ4v) is 6.42. The highest BCUT2D eigenvalue weighted by molar-refractivity contribution is 7.13. The van der Waals surface area contributed by atoms with Crippen molar-refractivity contribution < 1.29 is 23.8 Å². The third-order valence-electron chi connectivity index (χ3n) is 8.26. The Hall–Kier alpha value is -5.34. The summed E-state index contributed by atoms with van der Waals surface area (Å²) in [5.74, 6) is -0.226. The van der Waals surface area contributed by atoms with Gasteiger partial charge in [0.25, 0.3) is 5.91 Å². The summed E-state index contributed by atoms with van der Waals surface area (Å²) in [5, 5.41) is 23.6. The fourth-order valence-electron chi connectivity index (χ4n) is 5.49. The van der Waals surface area contributed by atoms with Crippen molar-refractivity contribution >= 4 is 52.5 Å². The lowest BCUT2D eigenvalue weighted by Crippen LogP contribution is -2.48. The molecular formula is C38H37ClFN7O4S. The molecular weight excluding hydrogens is 705 g/mol. The molecule has 4 aromatic carbocycles. The highest BCUT2D eigenvalue weighted by atomic mass is 35.5. The molecule has 0 unspecified atom stereocenters. The third kappa shape index (κ3) is 10.4. The average Bonchev–Trinajstić information content (AvgIpc) is 3.59. The van der Waals surface area contributed by atoms with Gasteiger partial charge >= 0.3 is 6.03 Å². The number of phenols is 1. The van der Waals surface area contributed by atoms with E-state index in [2.05, 4.69) is 36.3 Å². The number of thiazole rings is 1. The molecule has 0 bridgehead atoms. The normalized spacial score (nSPS) is 13.6. The number of amides is 3. The molecule has 5 aromatic rings. The summed E-state index contributed by atoms with van der Waals surface area (Å²) in [4.78, 5) is 34.2. The highest BCUT2D eigenvalue weighted by Crippen LogP contribution is 2.27. The number of urea groups is 1. The number of hydrogen-bond acceptors (Lipinski definition) is 9. The molecule has 0 atom stereocenters. The summed E-state index contributed by atoms with van der Waals surface area (Å²) >= 11 is 7.64. The molecule has 0 aliphatic carbocycles. The molecule has 11 nitrogen and oxygen atoms in total. The quantitative estimate of drug-likeness (QED) is 0.0792. The maximum atomic E-state index is 13.4. The number of halogens is 2. The summed E-state index contributed by atoms with van der Waals surface area (Å²) in [7, 11) is 0. The number of benzene rings is 4. The van der Waals surface area contributed by atoms with Crippen LogP contribution in [0.25, 0.3) is 10.6 Å². The molecule has 0 radical (unpaired) electrons. The Bertz CT molecular complexity index is 2050. The number of aromatic hydroxyl groups is 1. The first-order valence-electron chi connectivity index (χ1n) is 16.5. The molecule has 1 aliphatic rings. The number of hydrogen-bond donors (Lipinski definition) is 4. The SMILES string of the molecule is Cc1cc(NC(=O)Nc2ccc(-c3nc(CN4CCN(CC(=O)N/N=C/c5ccc(OCc6cccc(F)c6)cc5O)CC4)cs3)cc2)ccc1Cl. The number of phenolic OH excluding ortho intramolecular Hbond substituents is 1. The first-order chi connectivity index (χ1) is 25.2. The van der Waals surface area contributed by atoms with E-state index in [1.807, 2.05) is 37.3 Å². The zero-order valence-electron chi connectivity index (χ0n) is 28.3. The Labute approximate surface area is 309 Å². The van der Waals surface area contributed by atoms with Crippen LogP contribution in [0.3, 0.4) is 0 Å². The van der Waals surface area contributed by atoms with E-state index in [4.69, 9.17) is 21.3 Å². The van der Waals surface area contributed by atoms with Crippen LogP contribution in [0.5, 0.6) is 11.5 Å². The number of aryl methyl sites for hydroxylation is 1. The van der Waals surface area contributed by atoms with Crippen LogP contribution in [0, 0.1) is 12.7 Å². The van der Waals surface area contributed by atoms with E-state index < -0.39 is 0 Å². The lowest BCUT2D eigenvalue weighted by atomic mass is 10.2. The molecule has 6 rings (SSSR count). The van der Waals surface area contributed by atoms with E-state index in [-0.39, 0.29) is 36.7 Å². The number of hydrazone groups is 1. The largest absolute Gasteiger partial charge is 0.507 e. The van der Waals surface area contributed by atoms with E-state index in [0.29, 0.717) is 39.8 Å². The van der Waals surface area contributed by atoms with Crippen molar-refractivity contribution in [2.75, 3.05) is 43.4 Å². The molecule has 52 heavy (non-hydrogen) atoms. The van der Waals surface area contributed by atoms with E-state index in [0.717, 1.165) is 48.0 Å². The van der Waals surface area contributed by atoms with Crippen molar-refractivity contribution in [2.45, 2.75) is 20.1 Å². The van der Waals surface area contributed by atoms with Gasteiger partial charge in [0.2, 0.25) is 0 Å². The van der Waals surface area contributed by atoms with Gasteiger partial charge in [-0.25, -0.2) is 19.6 Å². The van der Waals surface area contributed by atoms with Crippen LogP contribution in [0.4, 0.5) is 20.6 Å². The Balaban J connectivity index is 0.896. The minimum atomic E-state index is -0.341. The van der Waals surface area contributed by atoms with E-state index in [9.17, 15) is 19.1 Å². The van der Waals surface area contributed by atoms with Crippen molar-refractivity contribution in [3.05, 3.63) is 124 Å². The standard InChI is InChI=1S/C38H37ClFN7O4S/c1-25-17-31(10-12-34(25)39)44-38(50)43-30-8-5-27(6-9-30)37-42-32(24-52-37)21-46-13-15-47(16-14-46)22-36(49)45-41-20-28-7-11-33(19-35(28)48)51-23-26-3-2-4-29(40)18-26/h2-12,17-20,24,48H,13-16,21-23H2,1H3,(H,45,49)(H2,43,44,50)/b41-20+. The van der Waals surface area contributed by atoms with Crippen LogP contribution in [-0.2, 0) is 17.9 Å². The maximum absolute atomic E-state index is 13.4. The second-order valence-corrected chi connectivity index (χ2v) is 13.5. The van der Waals surface area contributed by atoms with Gasteiger partial charge in [-0.1, -0.05) is 23.7 Å². The smallest absolute Gasteiger partial charge is 0.323 e. The molecule has 3 amide bonds. The van der Waals surface area contributed by atoms with Gasteiger partial charge in [-0.15, -0.1) is 11.3 Å². The van der Waals surface area contributed by atoms with Gasteiger partial charge in [0.1, 0.15) is 28.9 Å². The van der Waals surface area contributed by atoms with Crippen molar-refractivity contribution in [3.63, 3.8) is 0 Å². The van der Waals surface area contributed by atoms with E-state index in [1.54, 1.807) is 47.7 Å². The second-order valence-electron chi connectivity index (χ2n) is 12.2. The molecule has 1 aliphatic heterocycles. The van der Waals surface area contributed by atoms with Gasteiger partial charge in [-0.2, -0.15) is 5.10 Å². The van der Waals surface area contributed by atoms with Crippen molar-refractivity contribution in [1.82, 2.24) is 20.2 Å². The molecule has 1 aromatic heterocycles. The maximum Gasteiger partial charge on any atom is 0.323 e. The number of carbonyl (C=O) groups excluding carboxylic acids is 2. The molecule has 0 spiro atoms. The topological polar surface area (TPSA) is 131 Å². The van der Waals surface area contributed by atoms with Crippen molar-refractivity contribution in [1.29, 1.82) is 0 Å². The predicted molar refractivity (Wildman–Crippen MR) is 203 cm³/mol. The summed E-state index contributed by atoms with van der Waals surface area (Å²) < 4.78 is 19.0. The second kappa shape index (κ2) is 17.2. The van der Waals surface area contributed by atoms with Gasteiger partial charge < -0.3 is 20.5 Å². The van der Waals surface area contributed by atoms with E-state index >= 15 is 0 Å². The van der Waals surface area contributed by atoms with Gasteiger partial charge in [-0.05, 0) is 84.8 Å². The Morgan fingerprint density at radius 1 is 0.981 bits per heavy atom. The third-order valence-corrected chi connectivity index (χ3v) is 9.63. The Morgan fingerprint density at radius 2 is 1.73 bits per heavy atom. The number of carbonyl (C=O) groups is 2. The Kier molecular flexibility index (Phi) is 12.1. The lowest BCUT2D eigenvalue weighted by Gasteiger charge is -2.33. The number of nitrogens with one attached hydrogen (secondary N) is 3. The van der Waals surface area contributed by atoms with Gasteiger partial charge in [0.15, 0.2) is 0 Å². The van der Waals surface area contributed by atoms with Crippen LogP contribution in [0.15, 0.2) is 95.4 Å². The number of aromatic nitrogens is 1. The van der Waals surface area contributed by atoms with Crippen LogP contribution in [-0.4, -0.2) is 70.8 Å². The van der Waals surface area contributed by atoms with Crippen LogP contribution in [0.2, 0.25) is 5.02 Å². The summed E-state index contributed by atoms with van der Waals surface area (Å²) in [6.07, 6.45) is 1.37. The molecule has 0 saturated carbocycles. The van der Waals surface area contributed by atoms with Gasteiger partial charge in [0.05, 0.1) is 18.5 Å². The zero-order chi connectivity index (χ0) is 36.5. The first-order valence-corrected chi connectivity index (χ1v) is 17.8. The molecule has 1 fully saturated rings. The first kappa shape index (κ1) is 36.5. The lowest BCUT2D eigenvalue weighted by molar-refractivity contribution is -0.122. The molecule has 4 N–H and O–H groups in total. The van der Waals surface area contributed by atoms with Gasteiger partial charge in [-0.3, -0.25) is 14.6 Å². The minimum absolute atomic E-state index is 0.0594. The van der Waals surface area contributed by atoms with Crippen molar-refractivity contribution in [3.8, 4) is 22.1 Å². The number of anilines is 2. The molecule has 2 heterocycles. The Morgan fingerprint density at radius 3 is 2.48 bits per heavy atom. The highest BCUT2D eigenvalue weighted by Gasteiger charge is 2.20. The van der Waals surface area contributed by atoms with Crippen LogP contribution < -0.4 is 20.8 Å². The zero-order valence-corrected chi connectivity index (χ0v) is 29.9. The number of piperazine rings is 1. The van der Waals surface area contributed by atoms with E-state index in [1.165, 1.54) is 24.4 Å². The van der Waals surface area contributed by atoms with Crippen molar-refractivity contribution in [2.24, 2.45) is 5.10 Å². The molecule has 14 heteroatoms. The summed E-state index contributed by atoms with van der Waals surface area (Å²) in [5.41, 5.74) is 7.77. The summed E-state index contributed by atoms with van der Waals surface area (Å²) in [6.45, 7) is 6.00. The fraction of sp³-hybridized carbons (Fsp3) is 0.211. The number of ether oxygens (including phenoxy) is 1. The average molecular weight is 742 g/mol. The minimum Gasteiger partial charge on any atom is -0.507 e. The molecule has 1 saturated heterocycles.